The van der Waals surface area contributed by atoms with Gasteiger partial charge in [0.2, 0.25) is 11.8 Å². The van der Waals surface area contributed by atoms with Crippen LogP contribution in [0.15, 0.2) is 42.5 Å². The molecule has 0 bridgehead atoms. The molecule has 3 amide bonds. The van der Waals surface area contributed by atoms with Crippen molar-refractivity contribution in [3.05, 3.63) is 63.2 Å². The first-order valence-corrected chi connectivity index (χ1v) is 9.95. The van der Waals surface area contributed by atoms with E-state index in [0.29, 0.717) is 17.8 Å². The van der Waals surface area contributed by atoms with Gasteiger partial charge in [0.1, 0.15) is 6.04 Å². The Labute approximate surface area is 184 Å². The first kappa shape index (κ1) is 23.8. The average molecular weight is 447 g/mol. The van der Waals surface area contributed by atoms with Gasteiger partial charge >= 0.3 is 0 Å². The molecule has 2 aromatic rings. The zero-order valence-corrected chi connectivity index (χ0v) is 18.0. The molecule has 31 heavy (non-hydrogen) atoms. The Balaban J connectivity index is 2.09. The molecule has 0 aliphatic carbocycles. The first-order chi connectivity index (χ1) is 14.6. The van der Waals surface area contributed by atoms with E-state index >= 15 is 0 Å². The van der Waals surface area contributed by atoms with Crippen molar-refractivity contribution in [3.63, 3.8) is 0 Å². The Morgan fingerprint density at radius 2 is 1.61 bits per heavy atom. The van der Waals surface area contributed by atoms with Gasteiger partial charge < -0.3 is 16.0 Å². The zero-order chi connectivity index (χ0) is 23.1. The fourth-order valence-electron chi connectivity index (χ4n) is 2.66. The normalized spacial score (nSPS) is 11.5. The maximum absolute atomic E-state index is 12.7. The molecule has 3 N–H and O–H groups in total. The molecular formula is C21H23ClN4O5. The highest BCUT2D eigenvalue weighted by Crippen LogP contribution is 2.23. The summed E-state index contributed by atoms with van der Waals surface area (Å²) < 4.78 is 0. The molecule has 10 heteroatoms. The van der Waals surface area contributed by atoms with Gasteiger partial charge in [0.15, 0.2) is 0 Å². The molecule has 9 nitrogen and oxygen atoms in total. The van der Waals surface area contributed by atoms with Crippen LogP contribution < -0.4 is 16.0 Å². The lowest BCUT2D eigenvalue weighted by atomic mass is 10.0. The maximum Gasteiger partial charge on any atom is 0.270 e. The molecule has 0 heterocycles. The summed E-state index contributed by atoms with van der Waals surface area (Å²) in [4.78, 5) is 47.0. The van der Waals surface area contributed by atoms with Crippen LogP contribution in [0.25, 0.3) is 0 Å². The van der Waals surface area contributed by atoms with E-state index in [9.17, 15) is 24.5 Å². The monoisotopic (exact) mass is 446 g/mol. The third kappa shape index (κ3) is 6.51. The Morgan fingerprint density at radius 3 is 2.10 bits per heavy atom. The van der Waals surface area contributed by atoms with Crippen LogP contribution in [0.3, 0.4) is 0 Å². The Hall–Kier alpha value is -3.46. The van der Waals surface area contributed by atoms with Gasteiger partial charge in [0.25, 0.3) is 11.6 Å². The molecule has 0 saturated carbocycles. The minimum absolute atomic E-state index is 0.0294. The van der Waals surface area contributed by atoms with Gasteiger partial charge in [0, 0.05) is 29.9 Å². The molecule has 2 aromatic carbocycles. The van der Waals surface area contributed by atoms with Gasteiger partial charge in [-0.2, -0.15) is 0 Å². The first-order valence-electron chi connectivity index (χ1n) is 9.58. The number of nitro groups is 1. The number of carbonyl (C=O) groups is 3. The van der Waals surface area contributed by atoms with Gasteiger partial charge in [-0.15, -0.1) is 0 Å². The van der Waals surface area contributed by atoms with Crippen LogP contribution in [0.4, 0.5) is 17.1 Å². The van der Waals surface area contributed by atoms with Crippen LogP contribution >= 0.6 is 11.6 Å². The molecule has 0 aliphatic rings. The highest BCUT2D eigenvalue weighted by molar-refractivity contribution is 6.34. The number of halogens is 1. The summed E-state index contributed by atoms with van der Waals surface area (Å²) in [5.74, 6) is -1.42. The number of hydrogen-bond donors (Lipinski definition) is 3. The molecule has 0 aromatic heterocycles. The fraction of sp³-hybridized carbons (Fsp3) is 0.286. The molecule has 1 atom stereocenters. The summed E-state index contributed by atoms with van der Waals surface area (Å²) in [6.45, 7) is 5.28. The van der Waals surface area contributed by atoms with Crippen molar-refractivity contribution >= 4 is 46.4 Å². The Bertz CT molecular complexity index is 992. The lowest BCUT2D eigenvalue weighted by Crippen LogP contribution is -2.47. The van der Waals surface area contributed by atoms with E-state index in [0.717, 1.165) is 6.07 Å². The van der Waals surface area contributed by atoms with Crippen molar-refractivity contribution in [2.45, 2.75) is 33.2 Å². The number of carbonyl (C=O) groups excluding carboxylic acids is 3. The summed E-state index contributed by atoms with van der Waals surface area (Å²) in [5, 5.41) is 18.8. The van der Waals surface area contributed by atoms with Crippen molar-refractivity contribution in [2.75, 3.05) is 10.6 Å². The van der Waals surface area contributed by atoms with E-state index < -0.39 is 22.8 Å². The van der Waals surface area contributed by atoms with E-state index in [-0.39, 0.29) is 28.1 Å². The third-order valence-corrected chi connectivity index (χ3v) is 4.71. The average Bonchev–Trinajstić information content (AvgIpc) is 2.72. The summed E-state index contributed by atoms with van der Waals surface area (Å²) in [5.41, 5.74) is 0.888. The van der Waals surface area contributed by atoms with E-state index in [1.807, 2.05) is 0 Å². The molecule has 1 unspecified atom stereocenters. The van der Waals surface area contributed by atoms with Crippen LogP contribution in [0.2, 0.25) is 5.02 Å². The van der Waals surface area contributed by atoms with E-state index in [1.54, 1.807) is 45.0 Å². The summed E-state index contributed by atoms with van der Waals surface area (Å²) in [6, 6.07) is 9.20. The van der Waals surface area contributed by atoms with Crippen molar-refractivity contribution in [1.82, 2.24) is 5.32 Å². The number of benzene rings is 2. The standard InChI is InChI=1S/C21H23ClN4O5/c1-4-18(27)23-13-5-7-14(8-6-13)24-21(29)19(12(2)3)25-20(28)16-10-9-15(26(30)31)11-17(16)22/h5-12,19H,4H2,1-3H3,(H,23,27)(H,24,29)(H,25,28). The number of nitrogens with one attached hydrogen (secondary N) is 3. The van der Waals surface area contributed by atoms with Crippen molar-refractivity contribution in [3.8, 4) is 0 Å². The summed E-state index contributed by atoms with van der Waals surface area (Å²) >= 11 is 6.01. The van der Waals surface area contributed by atoms with Crippen LogP contribution in [0.1, 0.15) is 37.6 Å². The van der Waals surface area contributed by atoms with Crippen LogP contribution in [0, 0.1) is 16.0 Å². The second kappa shape index (κ2) is 10.5. The smallest absolute Gasteiger partial charge is 0.270 e. The molecule has 0 aliphatic heterocycles. The van der Waals surface area contributed by atoms with Crippen LogP contribution in [0.5, 0.6) is 0 Å². The van der Waals surface area contributed by atoms with E-state index in [2.05, 4.69) is 16.0 Å². The number of hydrogen-bond acceptors (Lipinski definition) is 5. The molecule has 0 radical (unpaired) electrons. The third-order valence-electron chi connectivity index (χ3n) is 4.40. The van der Waals surface area contributed by atoms with Crippen molar-refractivity contribution in [2.24, 2.45) is 5.92 Å². The Kier molecular flexibility index (Phi) is 8.09. The predicted molar refractivity (Wildman–Crippen MR) is 118 cm³/mol. The molecule has 0 fully saturated rings. The molecule has 0 spiro atoms. The topological polar surface area (TPSA) is 130 Å². The van der Waals surface area contributed by atoms with Crippen LogP contribution in [-0.2, 0) is 9.59 Å². The SMILES string of the molecule is CCC(=O)Nc1ccc(NC(=O)C(NC(=O)c2ccc([N+](=O)[O-])cc2Cl)C(C)C)cc1. The highest BCUT2D eigenvalue weighted by Gasteiger charge is 2.26. The minimum Gasteiger partial charge on any atom is -0.340 e. The number of anilines is 2. The van der Waals surface area contributed by atoms with E-state index in [4.69, 9.17) is 11.6 Å². The summed E-state index contributed by atoms with van der Waals surface area (Å²) in [6.07, 6.45) is 0.354. The fourth-order valence-corrected chi connectivity index (χ4v) is 2.92. The number of amides is 3. The second-order valence-corrected chi connectivity index (χ2v) is 7.49. The lowest BCUT2D eigenvalue weighted by molar-refractivity contribution is -0.384. The van der Waals surface area contributed by atoms with Gasteiger partial charge in [-0.25, -0.2) is 0 Å². The number of non-ortho nitro benzene ring substituents is 1. The van der Waals surface area contributed by atoms with Gasteiger partial charge in [-0.1, -0.05) is 32.4 Å². The molecule has 164 valence electrons. The molecular weight excluding hydrogens is 424 g/mol. The Morgan fingerprint density at radius 1 is 1.03 bits per heavy atom. The van der Waals surface area contributed by atoms with Gasteiger partial charge in [0.05, 0.1) is 15.5 Å². The van der Waals surface area contributed by atoms with Crippen LogP contribution in [-0.4, -0.2) is 28.7 Å². The van der Waals surface area contributed by atoms with E-state index in [1.165, 1.54) is 12.1 Å². The number of nitrogens with zero attached hydrogens (tertiary/aromatic N) is 1. The number of rotatable bonds is 8. The van der Waals surface area contributed by atoms with Gasteiger partial charge in [-0.05, 0) is 36.2 Å². The lowest BCUT2D eigenvalue weighted by Gasteiger charge is -2.22. The van der Waals surface area contributed by atoms with Crippen molar-refractivity contribution < 1.29 is 19.3 Å². The predicted octanol–water partition coefficient (Wildman–Crippen LogP) is 3.99. The molecule has 0 saturated heterocycles. The zero-order valence-electron chi connectivity index (χ0n) is 17.3. The maximum atomic E-state index is 12.7. The van der Waals surface area contributed by atoms with Crippen molar-refractivity contribution in [1.29, 1.82) is 0 Å². The largest absolute Gasteiger partial charge is 0.340 e. The second-order valence-electron chi connectivity index (χ2n) is 7.08. The number of nitro benzene ring substituents is 1. The minimum atomic E-state index is -0.877. The van der Waals surface area contributed by atoms with Gasteiger partial charge in [-0.3, -0.25) is 24.5 Å². The summed E-state index contributed by atoms with van der Waals surface area (Å²) in [7, 11) is 0. The molecule has 2 rings (SSSR count). The highest BCUT2D eigenvalue weighted by atomic mass is 35.5. The quantitative estimate of drug-likeness (QED) is 0.417.